The lowest BCUT2D eigenvalue weighted by atomic mass is 10.0. The van der Waals surface area contributed by atoms with Crippen LogP contribution in [0, 0.1) is 11.8 Å². The molecule has 17 heavy (non-hydrogen) atoms. The van der Waals surface area contributed by atoms with Crippen molar-refractivity contribution in [2.45, 2.75) is 32.7 Å². The van der Waals surface area contributed by atoms with Gasteiger partial charge in [-0.3, -0.25) is 0 Å². The summed E-state index contributed by atoms with van der Waals surface area (Å²) in [6, 6.07) is 6.10. The lowest BCUT2D eigenvalue weighted by molar-refractivity contribution is 0.463. The number of hydrogen-bond acceptors (Lipinski definition) is 1. The van der Waals surface area contributed by atoms with Gasteiger partial charge in [-0.05, 0) is 55.0 Å². The molecule has 1 aliphatic rings. The van der Waals surface area contributed by atoms with Gasteiger partial charge in [-0.1, -0.05) is 37.0 Å². The molecule has 1 aliphatic carbocycles. The van der Waals surface area contributed by atoms with Crippen LogP contribution in [0.2, 0.25) is 10.0 Å². The van der Waals surface area contributed by atoms with Gasteiger partial charge in [0, 0.05) is 16.1 Å². The molecule has 1 nitrogen and oxygen atoms in total. The Bertz CT molecular complexity index is 392. The van der Waals surface area contributed by atoms with E-state index in [4.69, 9.17) is 23.2 Å². The minimum atomic E-state index is 0.358. The first kappa shape index (κ1) is 13.2. The van der Waals surface area contributed by atoms with Gasteiger partial charge in [-0.15, -0.1) is 0 Å². The minimum Gasteiger partial charge on any atom is -0.310 e. The van der Waals surface area contributed by atoms with Crippen molar-refractivity contribution < 1.29 is 0 Å². The fraction of sp³-hybridized carbons (Fsp3) is 0.571. The highest BCUT2D eigenvalue weighted by Crippen LogP contribution is 2.48. The van der Waals surface area contributed by atoms with Gasteiger partial charge in [0.1, 0.15) is 0 Å². The quantitative estimate of drug-likeness (QED) is 0.819. The summed E-state index contributed by atoms with van der Waals surface area (Å²) in [4.78, 5) is 0. The van der Waals surface area contributed by atoms with Crippen LogP contribution in [0.3, 0.4) is 0 Å². The Morgan fingerprint density at radius 1 is 1.41 bits per heavy atom. The summed E-state index contributed by atoms with van der Waals surface area (Å²) in [7, 11) is 0. The van der Waals surface area contributed by atoms with Crippen LogP contribution in [0.1, 0.15) is 38.3 Å². The van der Waals surface area contributed by atoms with E-state index in [1.54, 1.807) is 0 Å². The normalized spacial score (nSPS) is 24.7. The predicted molar refractivity (Wildman–Crippen MR) is 74.8 cm³/mol. The van der Waals surface area contributed by atoms with Gasteiger partial charge in [-0.2, -0.15) is 0 Å². The third kappa shape index (κ3) is 3.15. The van der Waals surface area contributed by atoms with Crippen LogP contribution in [-0.2, 0) is 0 Å². The van der Waals surface area contributed by atoms with Gasteiger partial charge in [-0.25, -0.2) is 0 Å². The first-order valence-corrected chi connectivity index (χ1v) is 7.07. The van der Waals surface area contributed by atoms with Crippen molar-refractivity contribution >= 4 is 23.2 Å². The summed E-state index contributed by atoms with van der Waals surface area (Å²) in [5.41, 5.74) is 1.15. The zero-order chi connectivity index (χ0) is 12.4. The van der Waals surface area contributed by atoms with Gasteiger partial charge >= 0.3 is 0 Å². The van der Waals surface area contributed by atoms with Gasteiger partial charge in [0.05, 0.1) is 0 Å². The van der Waals surface area contributed by atoms with E-state index in [2.05, 4.69) is 19.2 Å². The van der Waals surface area contributed by atoms with E-state index >= 15 is 0 Å². The molecule has 3 unspecified atom stereocenters. The molecule has 2 rings (SSSR count). The van der Waals surface area contributed by atoms with Crippen molar-refractivity contribution in [1.82, 2.24) is 5.32 Å². The summed E-state index contributed by atoms with van der Waals surface area (Å²) < 4.78 is 0. The Labute approximate surface area is 114 Å². The Morgan fingerprint density at radius 2 is 2.12 bits per heavy atom. The molecule has 0 amide bonds. The second-order valence-electron chi connectivity index (χ2n) is 4.97. The second kappa shape index (κ2) is 5.60. The van der Waals surface area contributed by atoms with E-state index in [0.717, 1.165) is 34.5 Å². The van der Waals surface area contributed by atoms with Crippen molar-refractivity contribution in [3.05, 3.63) is 33.8 Å². The van der Waals surface area contributed by atoms with Gasteiger partial charge in [0.2, 0.25) is 0 Å². The van der Waals surface area contributed by atoms with Crippen LogP contribution < -0.4 is 5.32 Å². The topological polar surface area (TPSA) is 12.0 Å². The maximum Gasteiger partial charge on any atom is 0.0454 e. The Kier molecular flexibility index (Phi) is 4.35. The van der Waals surface area contributed by atoms with E-state index < -0.39 is 0 Å². The fourth-order valence-corrected chi connectivity index (χ4v) is 2.78. The van der Waals surface area contributed by atoms with Gasteiger partial charge in [0.15, 0.2) is 0 Å². The van der Waals surface area contributed by atoms with Gasteiger partial charge in [0.25, 0.3) is 0 Å². The molecule has 0 saturated heterocycles. The Hall–Kier alpha value is -0.240. The van der Waals surface area contributed by atoms with Crippen molar-refractivity contribution in [1.29, 1.82) is 0 Å². The smallest absolute Gasteiger partial charge is 0.0454 e. The summed E-state index contributed by atoms with van der Waals surface area (Å²) >= 11 is 12.4. The monoisotopic (exact) mass is 271 g/mol. The molecule has 1 N–H and O–H groups in total. The first-order valence-electron chi connectivity index (χ1n) is 6.31. The van der Waals surface area contributed by atoms with Crippen molar-refractivity contribution in [2.75, 3.05) is 6.54 Å². The van der Waals surface area contributed by atoms with Crippen molar-refractivity contribution in [3.8, 4) is 0 Å². The SMILES string of the molecule is CCCNC(c1cc(Cl)ccc1Cl)C1CC1C. The number of rotatable bonds is 5. The molecule has 1 aromatic rings. The van der Waals surface area contributed by atoms with Crippen LogP contribution in [0.25, 0.3) is 0 Å². The number of halogens is 2. The summed E-state index contributed by atoms with van der Waals surface area (Å²) in [5.74, 6) is 1.50. The lowest BCUT2D eigenvalue weighted by Gasteiger charge is -2.20. The molecule has 0 aliphatic heterocycles. The minimum absolute atomic E-state index is 0.358. The molecule has 0 heterocycles. The largest absolute Gasteiger partial charge is 0.310 e. The van der Waals surface area contributed by atoms with Crippen molar-refractivity contribution in [3.63, 3.8) is 0 Å². The van der Waals surface area contributed by atoms with Crippen LogP contribution in [0.15, 0.2) is 18.2 Å². The van der Waals surface area contributed by atoms with E-state index in [-0.39, 0.29) is 0 Å². The molecular weight excluding hydrogens is 253 g/mol. The predicted octanol–water partition coefficient (Wildman–Crippen LogP) is 4.69. The van der Waals surface area contributed by atoms with Gasteiger partial charge < -0.3 is 5.32 Å². The molecule has 3 heteroatoms. The first-order chi connectivity index (χ1) is 8.13. The molecule has 0 aromatic heterocycles. The highest BCUT2D eigenvalue weighted by Gasteiger charge is 2.40. The Balaban J connectivity index is 2.21. The summed E-state index contributed by atoms with van der Waals surface area (Å²) in [5, 5.41) is 5.19. The third-order valence-corrected chi connectivity index (χ3v) is 4.09. The molecule has 1 saturated carbocycles. The molecule has 0 spiro atoms. The summed E-state index contributed by atoms with van der Waals surface area (Å²) in [6.07, 6.45) is 2.42. The zero-order valence-electron chi connectivity index (χ0n) is 10.3. The van der Waals surface area contributed by atoms with Crippen LogP contribution in [-0.4, -0.2) is 6.54 Å². The lowest BCUT2D eigenvalue weighted by Crippen LogP contribution is -2.24. The van der Waals surface area contributed by atoms with Crippen LogP contribution in [0.4, 0.5) is 0 Å². The van der Waals surface area contributed by atoms with Crippen LogP contribution >= 0.6 is 23.2 Å². The third-order valence-electron chi connectivity index (χ3n) is 3.51. The highest BCUT2D eigenvalue weighted by atomic mass is 35.5. The summed E-state index contributed by atoms with van der Waals surface area (Å²) in [6.45, 7) is 5.50. The molecule has 0 bridgehead atoms. The number of hydrogen-bond donors (Lipinski definition) is 1. The fourth-order valence-electron chi connectivity index (χ4n) is 2.36. The molecule has 3 atom stereocenters. The number of benzene rings is 1. The average Bonchev–Trinajstić information content (AvgIpc) is 3.01. The highest BCUT2D eigenvalue weighted by molar-refractivity contribution is 6.33. The standard InChI is InChI=1S/C14H19Cl2N/c1-3-6-17-14(11-7-9(11)2)12-8-10(15)4-5-13(12)16/h4-5,8-9,11,14,17H,3,6-7H2,1-2H3. The molecule has 94 valence electrons. The van der Waals surface area contributed by atoms with Crippen LogP contribution in [0.5, 0.6) is 0 Å². The average molecular weight is 272 g/mol. The zero-order valence-corrected chi connectivity index (χ0v) is 11.9. The van der Waals surface area contributed by atoms with E-state index in [1.165, 1.54) is 6.42 Å². The second-order valence-corrected chi connectivity index (χ2v) is 5.82. The molecule has 1 fully saturated rings. The maximum absolute atomic E-state index is 6.29. The maximum atomic E-state index is 6.29. The molecular formula is C14H19Cl2N. The molecule has 1 aromatic carbocycles. The number of nitrogens with one attached hydrogen (secondary N) is 1. The molecule has 0 radical (unpaired) electrons. The Morgan fingerprint density at radius 3 is 2.71 bits per heavy atom. The van der Waals surface area contributed by atoms with Crippen molar-refractivity contribution in [2.24, 2.45) is 11.8 Å². The van der Waals surface area contributed by atoms with E-state index in [1.807, 2.05) is 18.2 Å². The van der Waals surface area contributed by atoms with E-state index in [0.29, 0.717) is 12.0 Å². The van der Waals surface area contributed by atoms with E-state index in [9.17, 15) is 0 Å².